The van der Waals surface area contributed by atoms with E-state index in [4.69, 9.17) is 33.3 Å². The number of non-ortho nitro benzene ring substituents is 1. The number of nitro groups is 1. The predicted octanol–water partition coefficient (Wildman–Crippen LogP) is 3.51. The number of esters is 1. The fraction of sp³-hybridized carbons (Fsp3) is 0.808. The second kappa shape index (κ2) is 26.0. The molecule has 22 nitrogen and oxygen atoms in total. The maximum absolute atomic E-state index is 14.6. The number of likely N-dealkylation sites (N-methyl/N-ethyl adjacent to an activating group) is 2. The minimum atomic E-state index is -1.97. The standard InChI is InChI=1S/C52H87N7O15/c1-15-40-52(10,65)45(61)32(4)42(54-69-25-24-56(11)12)30(2)27-50(8,64)47(33(5)44(34(6)48(63)72-40)73-41-28-51(9,68-14)46(62)35(7)71-41)74-49-43(60)39(26-31(3)70-49)57(13)22-21-37-29-58(55-53-37)23-20-36-16-18-38(19-17-36)59(66)67/h16-19,29-35,39-41,43-47,49,60-62,64-65H,15,20-28H2,1-14H3/b54-42+/t30-,31-,32+,33+,34-,35+,39+,40-,41+,43-,44?,45-,46+,47-,49+,50-,51-,52-/m1/s1. The first-order valence-electron chi connectivity index (χ1n) is 26.2. The Morgan fingerprint density at radius 1 is 0.932 bits per heavy atom. The quantitative estimate of drug-likeness (QED) is 0.0618. The fourth-order valence-electron chi connectivity index (χ4n) is 10.9. The summed E-state index contributed by atoms with van der Waals surface area (Å²) in [6.07, 6.45) is -7.22. The first-order valence-corrected chi connectivity index (χ1v) is 26.2. The van der Waals surface area contributed by atoms with Crippen molar-refractivity contribution in [3.05, 3.63) is 51.8 Å². The Bertz CT molecular complexity index is 2130. The molecule has 5 rings (SSSR count). The number of hydrogen-bond donors (Lipinski definition) is 5. The van der Waals surface area contributed by atoms with Crippen molar-refractivity contribution in [2.75, 3.05) is 47.9 Å². The van der Waals surface area contributed by atoms with E-state index in [0.717, 1.165) is 11.3 Å². The highest BCUT2D eigenvalue weighted by Crippen LogP contribution is 2.41. The molecule has 1 aromatic heterocycles. The number of rotatable bonds is 18. The van der Waals surface area contributed by atoms with Crippen LogP contribution in [0.5, 0.6) is 0 Å². The Balaban J connectivity index is 1.48. The number of aromatic nitrogens is 3. The Kier molecular flexibility index (Phi) is 21.5. The number of aliphatic hydroxyl groups is 5. The minimum Gasteiger partial charge on any atom is -0.459 e. The molecule has 4 heterocycles. The molecule has 0 aliphatic carbocycles. The number of aryl methyl sites for hydroxylation is 2. The van der Waals surface area contributed by atoms with Gasteiger partial charge < -0.3 is 68.6 Å². The molecule has 5 N–H and O–H groups in total. The first-order chi connectivity index (χ1) is 34.6. The summed E-state index contributed by atoms with van der Waals surface area (Å²) in [6.45, 7) is 18.8. The van der Waals surface area contributed by atoms with Crippen LogP contribution in [0, 0.1) is 33.8 Å². The summed E-state index contributed by atoms with van der Waals surface area (Å²) in [4.78, 5) is 35.0. The Hall–Kier alpha value is -3.78. The van der Waals surface area contributed by atoms with Gasteiger partial charge in [0.1, 0.15) is 30.5 Å². The lowest BCUT2D eigenvalue weighted by atomic mass is 9.73. The number of cyclic esters (lactones) is 1. The molecule has 3 saturated heterocycles. The summed E-state index contributed by atoms with van der Waals surface area (Å²) in [5.41, 5.74) is -2.85. The van der Waals surface area contributed by atoms with Crippen molar-refractivity contribution < 1.29 is 68.5 Å². The third-order valence-electron chi connectivity index (χ3n) is 15.6. The van der Waals surface area contributed by atoms with Crippen molar-refractivity contribution in [3.8, 4) is 0 Å². The highest BCUT2D eigenvalue weighted by molar-refractivity contribution is 5.88. The van der Waals surface area contributed by atoms with Gasteiger partial charge in [-0.25, -0.2) is 0 Å². The number of ether oxygens (including phenoxy) is 6. The van der Waals surface area contributed by atoms with E-state index < -0.39 is 119 Å². The summed E-state index contributed by atoms with van der Waals surface area (Å²) in [5.74, 6) is -4.24. The first kappa shape index (κ1) is 61.1. The number of oxime groups is 1. The number of benzene rings is 1. The summed E-state index contributed by atoms with van der Waals surface area (Å²) in [7, 11) is 7.18. The van der Waals surface area contributed by atoms with Crippen LogP contribution in [0.25, 0.3) is 0 Å². The molecule has 3 fully saturated rings. The summed E-state index contributed by atoms with van der Waals surface area (Å²) >= 11 is 0. The van der Waals surface area contributed by atoms with Gasteiger partial charge in [0.25, 0.3) is 5.69 Å². The van der Waals surface area contributed by atoms with Crippen molar-refractivity contribution in [3.63, 3.8) is 0 Å². The average Bonchev–Trinajstić information content (AvgIpc) is 3.81. The van der Waals surface area contributed by atoms with Gasteiger partial charge in [-0.05, 0) is 93.9 Å². The zero-order chi connectivity index (χ0) is 55.0. The van der Waals surface area contributed by atoms with Crippen LogP contribution >= 0.6 is 0 Å². The smallest absolute Gasteiger partial charge is 0.311 e. The van der Waals surface area contributed by atoms with Crippen LogP contribution in [0.2, 0.25) is 0 Å². The van der Waals surface area contributed by atoms with E-state index in [1.807, 2.05) is 51.0 Å². The van der Waals surface area contributed by atoms with Gasteiger partial charge in [-0.15, -0.1) is 5.10 Å². The Morgan fingerprint density at radius 3 is 2.23 bits per heavy atom. The molecule has 0 bridgehead atoms. The molecule has 1 unspecified atom stereocenters. The fourth-order valence-corrected chi connectivity index (χ4v) is 10.9. The lowest BCUT2D eigenvalue weighted by molar-refractivity contribution is -0.384. The molecule has 74 heavy (non-hydrogen) atoms. The van der Waals surface area contributed by atoms with Crippen molar-refractivity contribution in [1.82, 2.24) is 24.8 Å². The van der Waals surface area contributed by atoms with Crippen LogP contribution in [0.3, 0.4) is 0 Å². The number of nitro benzene ring substituents is 1. The topological polar surface area (TPSA) is 276 Å². The van der Waals surface area contributed by atoms with Gasteiger partial charge >= 0.3 is 5.97 Å². The maximum atomic E-state index is 14.6. The molecular formula is C52H87N7O15. The van der Waals surface area contributed by atoms with Crippen LogP contribution in [0.15, 0.2) is 35.6 Å². The van der Waals surface area contributed by atoms with Crippen molar-refractivity contribution in [1.29, 1.82) is 0 Å². The van der Waals surface area contributed by atoms with Crippen LogP contribution in [0.4, 0.5) is 5.69 Å². The molecule has 18 atom stereocenters. The molecule has 0 saturated carbocycles. The number of nitrogens with zero attached hydrogens (tertiary/aromatic N) is 7. The summed E-state index contributed by atoms with van der Waals surface area (Å²) in [6, 6.07) is 5.93. The second-order valence-electron chi connectivity index (χ2n) is 22.1. The number of carbonyl (C=O) groups excluding carboxylic acids is 1. The molecule has 3 aliphatic heterocycles. The molecule has 0 amide bonds. The summed E-state index contributed by atoms with van der Waals surface area (Å²) in [5, 5.41) is 84.9. The predicted molar refractivity (Wildman–Crippen MR) is 273 cm³/mol. The van der Waals surface area contributed by atoms with E-state index >= 15 is 0 Å². The van der Waals surface area contributed by atoms with E-state index in [9.17, 15) is 40.4 Å². The van der Waals surface area contributed by atoms with Crippen molar-refractivity contribution in [2.24, 2.45) is 28.8 Å². The monoisotopic (exact) mass is 1050 g/mol. The molecule has 22 heteroatoms. The molecule has 2 aromatic rings. The third kappa shape index (κ3) is 15.0. The largest absolute Gasteiger partial charge is 0.459 e. The highest BCUT2D eigenvalue weighted by atomic mass is 16.7. The number of carbonyl (C=O) groups is 1. The van der Waals surface area contributed by atoms with Gasteiger partial charge in [0, 0.05) is 81.7 Å². The second-order valence-corrected chi connectivity index (χ2v) is 22.1. The Labute approximate surface area is 436 Å². The van der Waals surface area contributed by atoms with Gasteiger partial charge in [0.05, 0.1) is 64.0 Å². The highest BCUT2D eigenvalue weighted by Gasteiger charge is 2.53. The average molecular weight is 1050 g/mol. The van der Waals surface area contributed by atoms with Crippen LogP contribution in [-0.2, 0) is 57.4 Å². The number of hydrogen-bond acceptors (Lipinski definition) is 20. The lowest BCUT2D eigenvalue weighted by Crippen LogP contribution is -2.61. The van der Waals surface area contributed by atoms with E-state index in [-0.39, 0.29) is 31.6 Å². The van der Waals surface area contributed by atoms with Gasteiger partial charge in [-0.3, -0.25) is 19.6 Å². The zero-order valence-electron chi connectivity index (χ0n) is 46.1. The van der Waals surface area contributed by atoms with E-state index in [0.29, 0.717) is 44.6 Å². The third-order valence-corrected chi connectivity index (χ3v) is 15.6. The van der Waals surface area contributed by atoms with E-state index in [2.05, 4.69) is 15.5 Å². The molecular weight excluding hydrogens is 963 g/mol. The van der Waals surface area contributed by atoms with Crippen LogP contribution in [0.1, 0.15) is 106 Å². The zero-order valence-corrected chi connectivity index (χ0v) is 46.1. The minimum absolute atomic E-state index is 0.0298. The lowest BCUT2D eigenvalue weighted by Gasteiger charge is -2.49. The SMILES string of the molecule is CC[C@H]1OC(=O)[C@H](C)C(O[C@H]2C[C@@](C)(OC)[C@@H](O)[C@H](C)O2)[C@H](C)[C@@H](O[C@@H]2O[C@H](C)C[C@H](N(C)CCc3cn(CCc4ccc([N+](=O)[O-])cc4)nn3)[C@H]2O)[C@](C)(O)C[C@@H](C)/C(=N\OCCN(C)C)[C@H](C)[C@@H](O)[C@]1(C)O. The van der Waals surface area contributed by atoms with Gasteiger partial charge in [-0.2, -0.15) is 0 Å². The molecule has 1 aromatic carbocycles. The van der Waals surface area contributed by atoms with Gasteiger partial charge in [0.15, 0.2) is 12.6 Å². The van der Waals surface area contributed by atoms with E-state index in [1.165, 1.54) is 26.2 Å². The molecule has 0 radical (unpaired) electrons. The van der Waals surface area contributed by atoms with Gasteiger partial charge in [0.2, 0.25) is 0 Å². The summed E-state index contributed by atoms with van der Waals surface area (Å²) < 4.78 is 40.1. The van der Waals surface area contributed by atoms with Crippen LogP contribution in [-0.4, -0.2) is 199 Å². The molecule has 420 valence electrons. The van der Waals surface area contributed by atoms with Crippen LogP contribution < -0.4 is 0 Å². The number of aliphatic hydroxyl groups excluding tert-OH is 3. The van der Waals surface area contributed by atoms with Crippen molar-refractivity contribution in [2.45, 2.75) is 199 Å². The van der Waals surface area contributed by atoms with E-state index in [1.54, 1.807) is 65.3 Å². The van der Waals surface area contributed by atoms with Gasteiger partial charge in [-0.1, -0.05) is 50.2 Å². The maximum Gasteiger partial charge on any atom is 0.311 e. The molecule has 0 spiro atoms. The molecule has 3 aliphatic rings. The number of methoxy groups -OCH3 is 1. The van der Waals surface area contributed by atoms with Crippen molar-refractivity contribution >= 4 is 17.4 Å². The Morgan fingerprint density at radius 2 is 1.61 bits per heavy atom. The normalized spacial score (nSPS) is 38.5.